The van der Waals surface area contributed by atoms with Crippen LogP contribution in [0, 0.1) is 0 Å². The van der Waals surface area contributed by atoms with Gasteiger partial charge in [0.1, 0.15) is 11.4 Å². The maximum absolute atomic E-state index is 12.6. The van der Waals surface area contributed by atoms with E-state index in [9.17, 15) is 13.6 Å². The fourth-order valence-corrected chi connectivity index (χ4v) is 4.30. The number of benzene rings is 1. The van der Waals surface area contributed by atoms with Crippen LogP contribution in [0.5, 0.6) is 0 Å². The Kier molecular flexibility index (Phi) is 5.64. The number of hydrogen-bond acceptors (Lipinski definition) is 6. The van der Waals surface area contributed by atoms with Crippen LogP contribution in [0.1, 0.15) is 0 Å². The van der Waals surface area contributed by atoms with Crippen LogP contribution in [0.3, 0.4) is 0 Å². The molecule has 2 heterocycles. The molecule has 2 aromatic heterocycles. The van der Waals surface area contributed by atoms with Gasteiger partial charge in [-0.05, 0) is 23.6 Å². The zero-order chi connectivity index (χ0) is 16.9. The molecule has 0 aliphatic heterocycles. The summed E-state index contributed by atoms with van der Waals surface area (Å²) < 4.78 is 26.1. The molecule has 4 nitrogen and oxygen atoms in total. The molecule has 0 bridgehead atoms. The van der Waals surface area contributed by atoms with E-state index in [4.69, 9.17) is 0 Å². The first-order valence-corrected chi connectivity index (χ1v) is 9.52. The minimum absolute atomic E-state index is 0.137. The van der Waals surface area contributed by atoms with Crippen LogP contribution in [0.15, 0.2) is 52.0 Å². The monoisotopic (exact) mass is 383 g/mol. The molecule has 3 rings (SSSR count). The van der Waals surface area contributed by atoms with Crippen molar-refractivity contribution in [3.8, 4) is 0 Å². The smallest absolute Gasteiger partial charge is 0.288 e. The number of halogens is 2. The van der Waals surface area contributed by atoms with Gasteiger partial charge in [0.05, 0.1) is 21.7 Å². The van der Waals surface area contributed by atoms with Gasteiger partial charge in [0.2, 0.25) is 5.91 Å². The molecule has 3 aromatic rings. The number of anilines is 1. The average Bonchev–Trinajstić information content (AvgIpc) is 3.03. The van der Waals surface area contributed by atoms with E-state index in [1.807, 2.05) is 11.4 Å². The first-order valence-electron chi connectivity index (χ1n) is 6.78. The van der Waals surface area contributed by atoms with Gasteiger partial charge in [-0.15, -0.1) is 11.3 Å². The third-order valence-corrected chi connectivity index (χ3v) is 5.74. The highest BCUT2D eigenvalue weighted by molar-refractivity contribution is 8.00. The van der Waals surface area contributed by atoms with Crippen LogP contribution >= 0.6 is 34.9 Å². The second kappa shape index (κ2) is 7.91. The Hall–Kier alpha value is -1.71. The Morgan fingerprint density at radius 3 is 2.92 bits per heavy atom. The summed E-state index contributed by atoms with van der Waals surface area (Å²) in [5.74, 6) is -2.67. The summed E-state index contributed by atoms with van der Waals surface area (Å²) in [6.45, 7) is 0. The highest BCUT2D eigenvalue weighted by atomic mass is 32.2. The topological polar surface area (TPSA) is 54.9 Å². The minimum atomic E-state index is -2.54. The lowest BCUT2D eigenvalue weighted by atomic mass is 10.3. The van der Waals surface area contributed by atoms with Crippen molar-refractivity contribution in [2.75, 3.05) is 11.1 Å². The van der Waals surface area contributed by atoms with E-state index in [-0.39, 0.29) is 11.7 Å². The Morgan fingerprint density at radius 2 is 2.08 bits per heavy atom. The van der Waals surface area contributed by atoms with Crippen LogP contribution in [0.4, 0.5) is 14.5 Å². The van der Waals surface area contributed by atoms with Crippen molar-refractivity contribution < 1.29 is 13.6 Å². The molecule has 0 unspecified atom stereocenters. The summed E-state index contributed by atoms with van der Waals surface area (Å²) in [5.41, 5.74) is 1.23. The molecule has 0 spiro atoms. The number of nitrogens with one attached hydrogen (secondary N) is 1. The summed E-state index contributed by atoms with van der Waals surface area (Å²) >= 11 is 3.22. The number of rotatable bonds is 6. The van der Waals surface area contributed by atoms with Crippen molar-refractivity contribution in [2.24, 2.45) is 0 Å². The molecule has 0 radical (unpaired) electrons. The van der Waals surface area contributed by atoms with Crippen molar-refractivity contribution in [3.05, 3.63) is 42.0 Å². The SMILES string of the molecule is O=C(CSc1ncnc2ccsc12)Nc1ccccc1SC(F)F. The van der Waals surface area contributed by atoms with Gasteiger partial charge in [0, 0.05) is 4.90 Å². The first kappa shape index (κ1) is 17.1. The molecule has 0 saturated heterocycles. The highest BCUT2D eigenvalue weighted by Gasteiger charge is 2.13. The van der Waals surface area contributed by atoms with E-state index >= 15 is 0 Å². The third kappa shape index (κ3) is 4.22. The van der Waals surface area contributed by atoms with Gasteiger partial charge < -0.3 is 5.32 Å². The van der Waals surface area contributed by atoms with Gasteiger partial charge >= 0.3 is 0 Å². The van der Waals surface area contributed by atoms with Gasteiger partial charge in [-0.25, -0.2) is 9.97 Å². The number of carbonyl (C=O) groups is 1. The summed E-state index contributed by atoms with van der Waals surface area (Å²) in [5, 5.41) is 5.33. The van der Waals surface area contributed by atoms with Crippen molar-refractivity contribution in [1.29, 1.82) is 0 Å². The fourth-order valence-electron chi connectivity index (χ4n) is 1.96. The molecule has 0 aliphatic carbocycles. The van der Waals surface area contributed by atoms with Crippen molar-refractivity contribution in [2.45, 2.75) is 15.7 Å². The molecule has 9 heteroatoms. The number of fused-ring (bicyclic) bond motifs is 1. The van der Waals surface area contributed by atoms with E-state index in [0.717, 1.165) is 15.2 Å². The van der Waals surface area contributed by atoms with E-state index in [0.29, 0.717) is 22.3 Å². The van der Waals surface area contributed by atoms with Crippen LogP contribution in [0.25, 0.3) is 10.2 Å². The van der Waals surface area contributed by atoms with Gasteiger partial charge in [-0.2, -0.15) is 8.78 Å². The molecule has 0 fully saturated rings. The number of thiophene rings is 1. The molecule has 1 amide bonds. The molecule has 124 valence electrons. The first-order chi connectivity index (χ1) is 11.6. The minimum Gasteiger partial charge on any atom is -0.324 e. The fraction of sp³-hybridized carbons (Fsp3) is 0.133. The number of aromatic nitrogens is 2. The number of carbonyl (C=O) groups excluding carboxylic acids is 1. The molecular weight excluding hydrogens is 372 g/mol. The van der Waals surface area contributed by atoms with E-state index < -0.39 is 5.76 Å². The average molecular weight is 383 g/mol. The lowest BCUT2D eigenvalue weighted by molar-refractivity contribution is -0.113. The Morgan fingerprint density at radius 1 is 1.25 bits per heavy atom. The quantitative estimate of drug-likeness (QED) is 0.492. The second-order valence-corrected chi connectivity index (χ2v) is 7.44. The number of alkyl halides is 2. The number of thioether (sulfide) groups is 2. The maximum Gasteiger partial charge on any atom is 0.288 e. The molecule has 24 heavy (non-hydrogen) atoms. The maximum atomic E-state index is 12.6. The lowest BCUT2D eigenvalue weighted by Gasteiger charge is -2.10. The summed E-state index contributed by atoms with van der Waals surface area (Å²) in [4.78, 5) is 20.8. The van der Waals surface area contributed by atoms with Gasteiger partial charge in [0.15, 0.2) is 0 Å². The van der Waals surface area contributed by atoms with Crippen LogP contribution in [-0.4, -0.2) is 27.4 Å². The summed E-state index contributed by atoms with van der Waals surface area (Å²) in [6, 6.07) is 8.40. The van der Waals surface area contributed by atoms with Crippen molar-refractivity contribution in [1.82, 2.24) is 9.97 Å². The zero-order valence-corrected chi connectivity index (χ0v) is 14.6. The van der Waals surface area contributed by atoms with Crippen LogP contribution in [0.2, 0.25) is 0 Å². The van der Waals surface area contributed by atoms with Crippen LogP contribution < -0.4 is 5.32 Å². The summed E-state index contributed by atoms with van der Waals surface area (Å²) in [7, 11) is 0. The Balaban J connectivity index is 1.65. The largest absolute Gasteiger partial charge is 0.324 e. The van der Waals surface area contributed by atoms with Gasteiger partial charge in [0.25, 0.3) is 5.76 Å². The zero-order valence-electron chi connectivity index (χ0n) is 12.1. The van der Waals surface area contributed by atoms with E-state index in [1.54, 1.807) is 24.3 Å². The van der Waals surface area contributed by atoms with E-state index in [2.05, 4.69) is 15.3 Å². The van der Waals surface area contributed by atoms with Crippen molar-refractivity contribution in [3.63, 3.8) is 0 Å². The molecular formula is C15H11F2N3OS3. The van der Waals surface area contributed by atoms with Crippen molar-refractivity contribution >= 4 is 56.7 Å². The van der Waals surface area contributed by atoms with Gasteiger partial charge in [-0.3, -0.25) is 4.79 Å². The molecule has 1 aromatic carbocycles. The standard InChI is InChI=1S/C15H11F2N3OS3/c16-15(17)24-11-4-2-1-3-9(11)20-12(21)7-23-14-13-10(5-6-22-13)18-8-19-14/h1-6,8,15H,7H2,(H,20,21). The van der Waals surface area contributed by atoms with E-state index in [1.165, 1.54) is 29.4 Å². The lowest BCUT2D eigenvalue weighted by Crippen LogP contribution is -2.14. The molecule has 1 N–H and O–H groups in total. The van der Waals surface area contributed by atoms with Crippen LogP contribution in [-0.2, 0) is 4.79 Å². The summed E-state index contributed by atoms with van der Waals surface area (Å²) in [6.07, 6.45) is 1.46. The normalized spacial score (nSPS) is 11.1. The Labute approximate surface area is 149 Å². The number of para-hydroxylation sites is 1. The molecule has 0 atom stereocenters. The Bertz CT molecular complexity index is 857. The van der Waals surface area contributed by atoms with Gasteiger partial charge in [-0.1, -0.05) is 35.7 Å². The highest BCUT2D eigenvalue weighted by Crippen LogP contribution is 2.32. The number of hydrogen-bond donors (Lipinski definition) is 1. The second-order valence-electron chi connectivity index (χ2n) is 4.53. The predicted octanol–water partition coefficient (Wildman–Crippen LogP) is 4.74. The molecule has 0 saturated carbocycles. The third-order valence-electron chi connectivity index (χ3n) is 2.93. The molecule has 0 aliphatic rings. The number of nitrogens with zero attached hydrogens (tertiary/aromatic N) is 2. The number of amides is 1. The predicted molar refractivity (Wildman–Crippen MR) is 95.1 cm³/mol.